The van der Waals surface area contributed by atoms with Crippen LogP contribution in [0.1, 0.15) is 47.1 Å². The van der Waals surface area contributed by atoms with Crippen LogP contribution < -0.4 is 4.74 Å². The molecule has 1 aliphatic rings. The number of phenolic OH excluding ortho intramolecular Hbond substituents is 1. The maximum absolute atomic E-state index is 9.41. The molecule has 0 saturated carbocycles. The van der Waals surface area contributed by atoms with Crippen LogP contribution in [0, 0.1) is 26.8 Å². The van der Waals surface area contributed by atoms with E-state index in [0.717, 1.165) is 10.8 Å². The van der Waals surface area contributed by atoms with Crippen LogP contribution in [0.4, 0.5) is 0 Å². The number of rotatable bonds is 1. The number of methoxy groups -OCH3 is 1. The molecule has 0 bridgehead atoms. The predicted molar refractivity (Wildman–Crippen MR) is 126 cm³/mol. The Labute approximate surface area is 209 Å². The van der Waals surface area contributed by atoms with E-state index in [-0.39, 0.29) is 83.5 Å². The van der Waals surface area contributed by atoms with Crippen LogP contribution in [0.15, 0.2) is 34.5 Å². The molecule has 1 aromatic carbocycles. The minimum Gasteiger partial charge on any atom is -0.508 e. The third-order valence-corrected chi connectivity index (χ3v) is 4.49. The van der Waals surface area contributed by atoms with Crippen LogP contribution in [0.5, 0.6) is 11.5 Å². The van der Waals surface area contributed by atoms with E-state index in [0.29, 0.717) is 11.7 Å². The molecule has 2 nitrogen and oxygen atoms in total. The molecule has 1 aromatic rings. The Morgan fingerprint density at radius 3 is 1.79 bits per heavy atom. The van der Waals surface area contributed by atoms with E-state index in [1.54, 1.807) is 19.2 Å². The summed E-state index contributed by atoms with van der Waals surface area (Å²) in [6.45, 7) is 12.7. The Balaban J connectivity index is -0.0000000737. The smallest absolute Gasteiger partial charge is 0.508 e. The molecule has 8 radical (unpaired) electrons. The minimum absolute atomic E-state index is 0. The van der Waals surface area contributed by atoms with Crippen LogP contribution in [-0.2, 0) is 27.1 Å². The van der Waals surface area contributed by atoms with Gasteiger partial charge in [-0.05, 0) is 23.1 Å². The largest absolute Gasteiger partial charge is 3.00 e. The summed E-state index contributed by atoms with van der Waals surface area (Å²) >= 11 is 0. The monoisotopic (exact) mass is 492 g/mol. The van der Waals surface area contributed by atoms with E-state index >= 15 is 0 Å². The first-order valence-corrected chi connectivity index (χ1v) is 7.97. The van der Waals surface area contributed by atoms with Gasteiger partial charge in [0.05, 0.1) is 7.11 Å². The molecule has 2 rings (SSSR count). The minimum atomic E-state index is 0. The van der Waals surface area contributed by atoms with Crippen LogP contribution in [0.25, 0.3) is 0 Å². The van der Waals surface area contributed by atoms with E-state index < -0.39 is 0 Å². The first-order chi connectivity index (χ1) is 10.1. The van der Waals surface area contributed by atoms with Crippen molar-refractivity contribution in [1.82, 2.24) is 0 Å². The van der Waals surface area contributed by atoms with Gasteiger partial charge in [-0.25, -0.2) is 10.8 Å². The summed E-state index contributed by atoms with van der Waals surface area (Å²) in [4.78, 5) is 0. The van der Waals surface area contributed by atoms with Gasteiger partial charge in [-0.3, -0.25) is 6.08 Å². The Bertz CT molecular complexity index is 613. The Kier molecular flexibility index (Phi) is 26.9. The molecule has 0 amide bonds. The van der Waals surface area contributed by atoms with Crippen LogP contribution in [0.2, 0.25) is 0 Å². The van der Waals surface area contributed by atoms with Crippen molar-refractivity contribution < 1.29 is 31.6 Å². The quantitative estimate of drug-likeness (QED) is 0.391. The Hall–Kier alpha value is 0.0281. The van der Waals surface area contributed by atoms with Crippen molar-refractivity contribution in [2.75, 3.05) is 7.11 Å². The van der Waals surface area contributed by atoms with Gasteiger partial charge in [0, 0.05) is 27.3 Å². The summed E-state index contributed by atoms with van der Waals surface area (Å²) in [5.74, 6) is 1.46. The normalized spacial score (nSPS) is 14.0. The second kappa shape index (κ2) is 17.8. The van der Waals surface area contributed by atoms with E-state index in [4.69, 9.17) is 4.74 Å². The Morgan fingerprint density at radius 2 is 1.54 bits per heavy atom. The van der Waals surface area contributed by atoms with Crippen molar-refractivity contribution >= 4 is 46.0 Å². The molecule has 1 atom stereocenters. The number of phenols is 1. The summed E-state index contributed by atoms with van der Waals surface area (Å²) in [5.41, 5.74) is 3.88. The van der Waals surface area contributed by atoms with Crippen molar-refractivity contribution in [3.05, 3.63) is 61.0 Å². The molecule has 156 valence electrons. The zero-order valence-electron chi connectivity index (χ0n) is 18.5. The number of aromatic hydroxyl groups is 1. The number of hydrogen-bond donors (Lipinski definition) is 1. The van der Waals surface area contributed by atoms with Crippen molar-refractivity contribution in [3.63, 3.8) is 0 Å². The van der Waals surface area contributed by atoms with E-state index in [9.17, 15) is 5.11 Å². The summed E-state index contributed by atoms with van der Waals surface area (Å²) in [7, 11) is 5.08. The molecule has 0 aromatic heterocycles. The van der Waals surface area contributed by atoms with Gasteiger partial charge in [0.1, 0.15) is 11.5 Å². The molecule has 0 aliphatic heterocycles. The fourth-order valence-electron chi connectivity index (χ4n) is 2.09. The molecule has 1 N–H and O–H groups in total. The predicted octanol–water partition coefficient (Wildman–Crippen LogP) is 5.89. The number of hydrogen-bond acceptors (Lipinski definition) is 2. The van der Waals surface area contributed by atoms with Gasteiger partial charge in [0.2, 0.25) is 0 Å². The van der Waals surface area contributed by atoms with Crippen molar-refractivity contribution in [2.24, 2.45) is 5.92 Å². The molecule has 28 heavy (non-hydrogen) atoms. The molecule has 0 saturated heterocycles. The number of allylic oxidation sites excluding steroid dienone is 4. The third-order valence-electron chi connectivity index (χ3n) is 3.97. The number of halogens is 2. The van der Waals surface area contributed by atoms with Gasteiger partial charge in [0.15, 0.2) is 0 Å². The summed E-state index contributed by atoms with van der Waals surface area (Å²) in [6, 6.07) is 5.32. The summed E-state index contributed by atoms with van der Waals surface area (Å²) in [5, 5.41) is 10.5. The molecule has 0 heterocycles. The van der Waals surface area contributed by atoms with Crippen LogP contribution in [0.3, 0.4) is 0 Å². The maximum atomic E-state index is 9.41. The molecule has 1 unspecified atom stereocenters. The van der Waals surface area contributed by atoms with E-state index in [1.807, 2.05) is 6.07 Å². The van der Waals surface area contributed by atoms with Crippen LogP contribution >= 0.6 is 24.8 Å². The zero-order chi connectivity index (χ0) is 17.1. The molecule has 0 spiro atoms. The Morgan fingerprint density at radius 1 is 1.07 bits per heavy atom. The number of benzene rings is 1. The number of ether oxygens (including phenoxy) is 1. The SMILES string of the molecule is CC1=C(C)C(C)[C-]=C1[Si].COc1cc(O)cc(C(C)(C)C)c1.Cl.Cl.[CH3-].[CH3-].[Si].[Ti+3]. The standard InChI is InChI=1S/C11H16O2.C8H10Si.2CH3.2ClH.Si.Ti/c1-11(2,3)8-5-9(12)7-10(6-8)13-4;1-5-4-8(9)7(3)6(5)2;;;;;;/h5-7,12H,1-4H3;5H,1-3H3;2*1H3;2*1H;;/q;3*-1;;;;+3. The van der Waals surface area contributed by atoms with Gasteiger partial charge in [0.25, 0.3) is 0 Å². The first kappa shape index (κ1) is 42.2. The van der Waals surface area contributed by atoms with Crippen molar-refractivity contribution in [2.45, 2.75) is 47.0 Å². The van der Waals surface area contributed by atoms with Gasteiger partial charge in [-0.2, -0.15) is 5.57 Å². The first-order valence-electron chi connectivity index (χ1n) is 7.47. The molecular formula is C21H34Cl2O2Si2Ti. The summed E-state index contributed by atoms with van der Waals surface area (Å²) in [6.07, 6.45) is 3.27. The molecule has 1 aliphatic carbocycles. The molecule has 7 heteroatoms. The third kappa shape index (κ3) is 12.6. The maximum Gasteiger partial charge on any atom is 3.00 e. The van der Waals surface area contributed by atoms with Crippen molar-refractivity contribution in [3.8, 4) is 11.5 Å². The van der Waals surface area contributed by atoms with Gasteiger partial charge in [-0.1, -0.05) is 40.5 Å². The van der Waals surface area contributed by atoms with Gasteiger partial charge in [-0.15, -0.1) is 31.7 Å². The zero-order valence-corrected chi connectivity index (χ0v) is 23.7. The molecule has 0 fully saturated rings. The second-order valence-electron chi connectivity index (χ2n) is 6.72. The second-order valence-corrected chi connectivity index (χ2v) is 7.22. The van der Waals surface area contributed by atoms with Gasteiger partial charge >= 0.3 is 21.7 Å². The van der Waals surface area contributed by atoms with Crippen molar-refractivity contribution in [1.29, 1.82) is 0 Å². The fraction of sp³-hybridized carbons (Fsp3) is 0.429. The van der Waals surface area contributed by atoms with E-state index in [2.05, 4.69) is 57.9 Å². The van der Waals surface area contributed by atoms with Gasteiger partial charge < -0.3 is 24.7 Å². The van der Waals surface area contributed by atoms with Crippen LogP contribution in [-0.4, -0.2) is 33.4 Å². The fourth-order valence-corrected chi connectivity index (χ4v) is 2.50. The van der Waals surface area contributed by atoms with E-state index in [1.165, 1.54) is 11.1 Å². The topological polar surface area (TPSA) is 29.5 Å². The average Bonchev–Trinajstić information content (AvgIpc) is 2.64. The average molecular weight is 493 g/mol. The molecular weight excluding hydrogens is 459 g/mol. The summed E-state index contributed by atoms with van der Waals surface area (Å²) < 4.78 is 5.07.